The molecular weight excluding hydrogens is 432 g/mol. The van der Waals surface area contributed by atoms with E-state index in [1.165, 1.54) is 0 Å². The van der Waals surface area contributed by atoms with Gasteiger partial charge in [-0.25, -0.2) is 4.79 Å². The summed E-state index contributed by atoms with van der Waals surface area (Å²) >= 11 is 0. The van der Waals surface area contributed by atoms with Crippen LogP contribution in [0.1, 0.15) is 62.5 Å². The van der Waals surface area contributed by atoms with Gasteiger partial charge in [0.25, 0.3) is 0 Å². The van der Waals surface area contributed by atoms with E-state index in [1.54, 1.807) is 6.92 Å². The summed E-state index contributed by atoms with van der Waals surface area (Å²) in [5.74, 6) is -1.90. The van der Waals surface area contributed by atoms with Crippen LogP contribution in [0.25, 0.3) is 11.1 Å². The van der Waals surface area contributed by atoms with Crippen molar-refractivity contribution in [1.82, 2.24) is 10.6 Å². The maximum atomic E-state index is 13.1. The minimum atomic E-state index is -1.02. The molecule has 178 valence electrons. The fourth-order valence-corrected chi connectivity index (χ4v) is 5.62. The summed E-state index contributed by atoms with van der Waals surface area (Å²) in [6.07, 6.45) is 3.25. The highest BCUT2D eigenvalue weighted by Crippen LogP contribution is 2.45. The number of benzene rings is 2. The summed E-state index contributed by atoms with van der Waals surface area (Å²) in [5.41, 5.74) is 2.71. The fourth-order valence-electron chi connectivity index (χ4n) is 5.62. The van der Waals surface area contributed by atoms with E-state index in [4.69, 9.17) is 4.74 Å². The molecule has 0 heterocycles. The van der Waals surface area contributed by atoms with Crippen molar-refractivity contribution in [2.24, 2.45) is 5.92 Å². The third kappa shape index (κ3) is 3.93. The smallest absolute Gasteiger partial charge is 0.408 e. The average Bonchev–Trinajstić information content (AvgIpc) is 3.53. The number of ether oxygens (including phenoxy) is 1. The Balaban J connectivity index is 1.23. The Labute approximate surface area is 198 Å². The number of hydrogen-bond donors (Lipinski definition) is 3. The number of amides is 2. The molecule has 3 aliphatic rings. The Morgan fingerprint density at radius 2 is 1.56 bits per heavy atom. The van der Waals surface area contributed by atoms with Crippen LogP contribution in [-0.2, 0) is 14.3 Å². The van der Waals surface area contributed by atoms with Gasteiger partial charge in [0.05, 0.1) is 11.5 Å². The molecule has 5 rings (SSSR count). The highest BCUT2D eigenvalue weighted by molar-refractivity contribution is 5.93. The summed E-state index contributed by atoms with van der Waals surface area (Å²) in [6.45, 7) is 1.97. The molecule has 2 amide bonds. The second kappa shape index (κ2) is 8.46. The number of fused-ring (bicyclic) bond motifs is 3. The molecule has 0 spiro atoms. The van der Waals surface area contributed by atoms with Gasteiger partial charge < -0.3 is 20.5 Å². The van der Waals surface area contributed by atoms with Crippen molar-refractivity contribution in [3.63, 3.8) is 0 Å². The summed E-state index contributed by atoms with van der Waals surface area (Å²) in [4.78, 5) is 37.6. The number of nitrogens with one attached hydrogen (secondary N) is 2. The van der Waals surface area contributed by atoms with Crippen LogP contribution in [-0.4, -0.2) is 40.8 Å². The Kier molecular flexibility index (Phi) is 5.58. The van der Waals surface area contributed by atoms with Crippen LogP contribution >= 0.6 is 0 Å². The van der Waals surface area contributed by atoms with Crippen LogP contribution < -0.4 is 10.6 Å². The highest BCUT2D eigenvalue weighted by Gasteiger charge is 2.54. The van der Waals surface area contributed by atoms with E-state index < -0.39 is 29.1 Å². The highest BCUT2D eigenvalue weighted by atomic mass is 16.5. The molecule has 2 aromatic rings. The summed E-state index contributed by atoms with van der Waals surface area (Å²) in [6, 6.07) is 16.2. The second-order valence-electron chi connectivity index (χ2n) is 10.0. The van der Waals surface area contributed by atoms with Gasteiger partial charge in [0.2, 0.25) is 5.91 Å². The van der Waals surface area contributed by atoms with Crippen LogP contribution in [0.4, 0.5) is 4.79 Å². The number of carbonyl (C=O) groups excluding carboxylic acids is 2. The molecule has 2 fully saturated rings. The monoisotopic (exact) mass is 462 g/mol. The van der Waals surface area contributed by atoms with E-state index in [0.29, 0.717) is 25.7 Å². The first kappa shape index (κ1) is 22.4. The molecule has 2 saturated carbocycles. The molecule has 3 aliphatic carbocycles. The maximum Gasteiger partial charge on any atom is 0.408 e. The minimum absolute atomic E-state index is 0.0559. The zero-order valence-electron chi connectivity index (χ0n) is 19.3. The van der Waals surface area contributed by atoms with Crippen molar-refractivity contribution in [3.05, 3.63) is 59.7 Å². The standard InChI is InChI=1S/C27H30N2O5/c1-26(13-7-6-12-22(26)23(30)31)28-24(32)27(14-15-27)29-25(33)34-16-21-19-10-4-2-8-17(19)18-9-3-5-11-20(18)21/h2-5,8-11,21-22H,6-7,12-16H2,1H3,(H,28,32)(H,29,33)(H,30,31). The molecule has 2 atom stereocenters. The van der Waals surface area contributed by atoms with Crippen LogP contribution in [0.2, 0.25) is 0 Å². The lowest BCUT2D eigenvalue weighted by molar-refractivity contribution is -0.147. The van der Waals surface area contributed by atoms with Gasteiger partial charge in [-0.3, -0.25) is 9.59 Å². The Hall–Kier alpha value is -3.35. The molecule has 34 heavy (non-hydrogen) atoms. The number of carboxylic acids is 1. The van der Waals surface area contributed by atoms with Crippen molar-refractivity contribution in [2.45, 2.75) is 62.4 Å². The van der Waals surface area contributed by atoms with Crippen LogP contribution in [0.15, 0.2) is 48.5 Å². The normalized spacial score (nSPS) is 24.4. The van der Waals surface area contributed by atoms with E-state index in [0.717, 1.165) is 35.1 Å². The molecule has 2 unspecified atom stereocenters. The van der Waals surface area contributed by atoms with Gasteiger partial charge in [-0.1, -0.05) is 61.4 Å². The first-order valence-electron chi connectivity index (χ1n) is 12.0. The number of aliphatic carboxylic acids is 1. The molecular formula is C27H30N2O5. The van der Waals surface area contributed by atoms with Crippen LogP contribution in [0.3, 0.4) is 0 Å². The zero-order chi connectivity index (χ0) is 23.9. The predicted octanol–water partition coefficient (Wildman–Crippen LogP) is 4.21. The minimum Gasteiger partial charge on any atom is -0.481 e. The lowest BCUT2D eigenvalue weighted by Crippen LogP contribution is -2.60. The molecule has 2 aromatic carbocycles. The summed E-state index contributed by atoms with van der Waals surface area (Å²) in [7, 11) is 0. The van der Waals surface area contributed by atoms with Gasteiger partial charge in [0.15, 0.2) is 0 Å². The predicted molar refractivity (Wildman–Crippen MR) is 126 cm³/mol. The first-order valence-corrected chi connectivity index (χ1v) is 12.0. The van der Waals surface area contributed by atoms with Crippen molar-refractivity contribution in [3.8, 4) is 11.1 Å². The molecule has 0 aliphatic heterocycles. The van der Waals surface area contributed by atoms with Crippen molar-refractivity contribution in [2.75, 3.05) is 6.61 Å². The Morgan fingerprint density at radius 3 is 2.15 bits per heavy atom. The third-order valence-electron chi connectivity index (χ3n) is 7.77. The fraction of sp³-hybridized carbons (Fsp3) is 0.444. The molecule has 0 saturated heterocycles. The van der Waals surface area contributed by atoms with Gasteiger partial charge in [0, 0.05) is 5.92 Å². The van der Waals surface area contributed by atoms with Crippen LogP contribution in [0, 0.1) is 5.92 Å². The average molecular weight is 463 g/mol. The van der Waals surface area contributed by atoms with Gasteiger partial charge in [-0.05, 0) is 54.9 Å². The Bertz CT molecular complexity index is 1100. The largest absolute Gasteiger partial charge is 0.481 e. The van der Waals surface area contributed by atoms with Crippen molar-refractivity contribution >= 4 is 18.0 Å². The quantitative estimate of drug-likeness (QED) is 0.597. The summed E-state index contributed by atoms with van der Waals surface area (Å²) in [5, 5.41) is 15.4. The number of rotatable bonds is 6. The van der Waals surface area contributed by atoms with Crippen molar-refractivity contribution < 1.29 is 24.2 Å². The number of carboxylic acid groups (broad SMARTS) is 1. The van der Waals surface area contributed by atoms with E-state index in [9.17, 15) is 19.5 Å². The number of alkyl carbamates (subject to hydrolysis) is 1. The lowest BCUT2D eigenvalue weighted by Gasteiger charge is -2.40. The molecule has 7 nitrogen and oxygen atoms in total. The molecule has 0 aromatic heterocycles. The molecule has 0 radical (unpaired) electrons. The number of hydrogen-bond acceptors (Lipinski definition) is 4. The van der Waals surface area contributed by atoms with Crippen LogP contribution in [0.5, 0.6) is 0 Å². The van der Waals surface area contributed by atoms with E-state index in [2.05, 4.69) is 34.9 Å². The van der Waals surface area contributed by atoms with Crippen molar-refractivity contribution in [1.29, 1.82) is 0 Å². The third-order valence-corrected chi connectivity index (χ3v) is 7.77. The maximum absolute atomic E-state index is 13.1. The topological polar surface area (TPSA) is 105 Å². The SMILES string of the molecule is CC1(NC(=O)C2(NC(=O)OCC3c4ccccc4-c4ccccc43)CC2)CCCCC1C(=O)O. The van der Waals surface area contributed by atoms with E-state index >= 15 is 0 Å². The Morgan fingerprint density at radius 1 is 0.941 bits per heavy atom. The molecule has 7 heteroatoms. The van der Waals surface area contributed by atoms with E-state index in [1.807, 2.05) is 24.3 Å². The van der Waals surface area contributed by atoms with Gasteiger partial charge >= 0.3 is 12.1 Å². The number of carbonyl (C=O) groups is 3. The first-order chi connectivity index (χ1) is 16.3. The van der Waals surface area contributed by atoms with Gasteiger partial charge in [0.1, 0.15) is 12.1 Å². The van der Waals surface area contributed by atoms with Gasteiger partial charge in [-0.15, -0.1) is 0 Å². The lowest BCUT2D eigenvalue weighted by atomic mass is 9.73. The van der Waals surface area contributed by atoms with E-state index in [-0.39, 0.29) is 18.4 Å². The molecule has 0 bridgehead atoms. The zero-order valence-corrected chi connectivity index (χ0v) is 19.3. The summed E-state index contributed by atoms with van der Waals surface area (Å²) < 4.78 is 5.62. The van der Waals surface area contributed by atoms with Gasteiger partial charge in [-0.2, -0.15) is 0 Å². The second-order valence-corrected chi connectivity index (χ2v) is 10.0. The molecule has 3 N–H and O–H groups in total.